The van der Waals surface area contributed by atoms with Crippen LogP contribution >= 0.6 is 23.4 Å². The summed E-state index contributed by atoms with van der Waals surface area (Å²) in [5.74, 6) is 1.06. The highest BCUT2D eigenvalue weighted by Crippen LogP contribution is 2.10. The maximum absolute atomic E-state index is 9.87. The topological polar surface area (TPSA) is 41.5 Å². The number of benzene rings is 1. The Morgan fingerprint density at radius 1 is 1.35 bits per heavy atom. The molecular weight excluding hydrogens is 294 g/mol. The molecule has 3 nitrogen and oxygen atoms in total. The number of thioether (sulfide) groups is 1. The first kappa shape index (κ1) is 17.8. The minimum Gasteiger partial charge on any atom is -0.389 e. The predicted octanol–water partition coefficient (Wildman–Crippen LogP) is 2.95. The van der Waals surface area contributed by atoms with Crippen molar-refractivity contribution in [1.29, 1.82) is 0 Å². The minimum absolute atomic E-state index is 0.339. The Labute approximate surface area is 131 Å². The summed E-state index contributed by atoms with van der Waals surface area (Å²) >= 11 is 7.63. The summed E-state index contributed by atoms with van der Waals surface area (Å²) in [7, 11) is 0. The van der Waals surface area contributed by atoms with Crippen molar-refractivity contribution in [3.63, 3.8) is 0 Å². The smallest absolute Gasteiger partial charge is 0.0897 e. The van der Waals surface area contributed by atoms with E-state index in [-0.39, 0.29) is 0 Å². The summed E-state index contributed by atoms with van der Waals surface area (Å²) in [6.07, 6.45) is 2.69. The SMILES string of the molecule is CCC(CSC)NCC(O)COCc1ccc(Cl)cc1. The normalized spacial score (nSPS) is 14.2. The van der Waals surface area contributed by atoms with Crippen LogP contribution in [0.2, 0.25) is 5.02 Å². The largest absolute Gasteiger partial charge is 0.389 e. The van der Waals surface area contributed by atoms with Crippen molar-refractivity contribution < 1.29 is 9.84 Å². The summed E-state index contributed by atoms with van der Waals surface area (Å²) in [6.45, 7) is 3.55. The van der Waals surface area contributed by atoms with Crippen LogP contribution in [0.15, 0.2) is 24.3 Å². The van der Waals surface area contributed by atoms with Gasteiger partial charge in [-0.1, -0.05) is 30.7 Å². The van der Waals surface area contributed by atoms with Crippen LogP contribution in [-0.4, -0.2) is 42.4 Å². The second kappa shape index (κ2) is 10.5. The molecule has 2 N–H and O–H groups in total. The molecule has 2 unspecified atom stereocenters. The highest BCUT2D eigenvalue weighted by Gasteiger charge is 2.09. The maximum Gasteiger partial charge on any atom is 0.0897 e. The number of ether oxygens (including phenoxy) is 1. The predicted molar refractivity (Wildman–Crippen MR) is 87.6 cm³/mol. The van der Waals surface area contributed by atoms with Gasteiger partial charge in [-0.2, -0.15) is 11.8 Å². The number of rotatable bonds is 10. The van der Waals surface area contributed by atoms with E-state index in [4.69, 9.17) is 16.3 Å². The van der Waals surface area contributed by atoms with Gasteiger partial charge in [-0.25, -0.2) is 0 Å². The number of aliphatic hydroxyl groups excluding tert-OH is 1. The lowest BCUT2D eigenvalue weighted by atomic mass is 10.2. The van der Waals surface area contributed by atoms with Gasteiger partial charge in [0.2, 0.25) is 0 Å². The molecule has 0 amide bonds. The van der Waals surface area contributed by atoms with Crippen molar-refractivity contribution in [1.82, 2.24) is 5.32 Å². The monoisotopic (exact) mass is 317 g/mol. The van der Waals surface area contributed by atoms with E-state index in [1.807, 2.05) is 36.0 Å². The second-order valence-corrected chi connectivity index (χ2v) is 6.11. The van der Waals surface area contributed by atoms with Crippen LogP contribution in [0.5, 0.6) is 0 Å². The van der Waals surface area contributed by atoms with Gasteiger partial charge < -0.3 is 15.2 Å². The zero-order chi connectivity index (χ0) is 14.8. The van der Waals surface area contributed by atoms with E-state index in [2.05, 4.69) is 18.5 Å². The molecular formula is C15H24ClNO2S. The summed E-state index contributed by atoms with van der Waals surface area (Å²) < 4.78 is 5.51. The molecule has 114 valence electrons. The fraction of sp³-hybridized carbons (Fsp3) is 0.600. The van der Waals surface area contributed by atoms with E-state index >= 15 is 0 Å². The first-order valence-electron chi connectivity index (χ1n) is 6.88. The average Bonchev–Trinajstić information content (AvgIpc) is 2.45. The van der Waals surface area contributed by atoms with Gasteiger partial charge in [-0.05, 0) is 30.4 Å². The Morgan fingerprint density at radius 2 is 2.05 bits per heavy atom. The van der Waals surface area contributed by atoms with Gasteiger partial charge in [0.1, 0.15) is 0 Å². The van der Waals surface area contributed by atoms with E-state index in [0.717, 1.165) is 22.8 Å². The van der Waals surface area contributed by atoms with Crippen LogP contribution in [0.1, 0.15) is 18.9 Å². The molecule has 0 heterocycles. The lowest BCUT2D eigenvalue weighted by Gasteiger charge is -2.18. The minimum atomic E-state index is -0.474. The van der Waals surface area contributed by atoms with Gasteiger partial charge in [-0.3, -0.25) is 0 Å². The molecule has 0 saturated carbocycles. The first-order chi connectivity index (χ1) is 9.65. The van der Waals surface area contributed by atoms with Gasteiger partial charge in [0.25, 0.3) is 0 Å². The number of aliphatic hydroxyl groups is 1. The zero-order valence-corrected chi connectivity index (χ0v) is 13.7. The molecule has 1 aromatic carbocycles. The summed E-state index contributed by atoms with van der Waals surface area (Å²) in [5.41, 5.74) is 1.06. The highest BCUT2D eigenvalue weighted by molar-refractivity contribution is 7.98. The van der Waals surface area contributed by atoms with E-state index in [1.54, 1.807) is 0 Å². The molecule has 0 spiro atoms. The van der Waals surface area contributed by atoms with Gasteiger partial charge in [-0.15, -0.1) is 0 Å². The van der Waals surface area contributed by atoms with E-state index in [1.165, 1.54) is 0 Å². The number of nitrogens with one attached hydrogen (secondary N) is 1. The molecule has 5 heteroatoms. The molecule has 1 aromatic rings. The molecule has 0 saturated heterocycles. The lowest BCUT2D eigenvalue weighted by molar-refractivity contribution is 0.0278. The van der Waals surface area contributed by atoms with E-state index in [0.29, 0.717) is 25.8 Å². The third-order valence-corrected chi connectivity index (χ3v) is 3.98. The molecule has 20 heavy (non-hydrogen) atoms. The Bertz CT molecular complexity index is 361. The van der Waals surface area contributed by atoms with Crippen molar-refractivity contribution in [3.8, 4) is 0 Å². The lowest BCUT2D eigenvalue weighted by Crippen LogP contribution is -2.38. The average molecular weight is 318 g/mol. The van der Waals surface area contributed by atoms with E-state index < -0.39 is 6.10 Å². The molecule has 2 atom stereocenters. The van der Waals surface area contributed by atoms with Gasteiger partial charge in [0, 0.05) is 23.4 Å². The Morgan fingerprint density at radius 3 is 2.65 bits per heavy atom. The van der Waals surface area contributed by atoms with Crippen molar-refractivity contribution in [3.05, 3.63) is 34.9 Å². The fourth-order valence-corrected chi connectivity index (χ4v) is 2.66. The Hall–Kier alpha value is -0.260. The van der Waals surface area contributed by atoms with Crippen LogP contribution < -0.4 is 5.32 Å². The zero-order valence-electron chi connectivity index (χ0n) is 12.1. The molecule has 0 bridgehead atoms. The molecule has 0 aliphatic carbocycles. The van der Waals surface area contributed by atoms with Gasteiger partial charge >= 0.3 is 0 Å². The van der Waals surface area contributed by atoms with E-state index in [9.17, 15) is 5.11 Å². The Kier molecular flexibility index (Phi) is 9.31. The molecule has 0 radical (unpaired) electrons. The Balaban J connectivity index is 2.16. The van der Waals surface area contributed by atoms with Crippen molar-refractivity contribution in [2.45, 2.75) is 32.1 Å². The molecule has 0 fully saturated rings. The van der Waals surface area contributed by atoms with Crippen molar-refractivity contribution in [2.75, 3.05) is 25.2 Å². The first-order valence-corrected chi connectivity index (χ1v) is 8.65. The van der Waals surface area contributed by atoms with Gasteiger partial charge in [0.15, 0.2) is 0 Å². The number of hydrogen-bond acceptors (Lipinski definition) is 4. The van der Waals surface area contributed by atoms with Crippen molar-refractivity contribution >= 4 is 23.4 Å². The summed E-state index contributed by atoms with van der Waals surface area (Å²) in [6, 6.07) is 7.99. The summed E-state index contributed by atoms with van der Waals surface area (Å²) in [5, 5.41) is 13.9. The third-order valence-electron chi connectivity index (χ3n) is 3.00. The van der Waals surface area contributed by atoms with Crippen LogP contribution in [0, 0.1) is 0 Å². The standard InChI is InChI=1S/C15H24ClNO2S/c1-3-14(11-20-2)17-8-15(18)10-19-9-12-4-6-13(16)7-5-12/h4-7,14-15,17-18H,3,8-11H2,1-2H3. The fourth-order valence-electron chi connectivity index (χ4n) is 1.78. The number of halogens is 1. The molecule has 0 aliphatic heterocycles. The summed E-state index contributed by atoms with van der Waals surface area (Å²) in [4.78, 5) is 0. The van der Waals surface area contributed by atoms with Gasteiger partial charge in [0.05, 0.1) is 19.3 Å². The van der Waals surface area contributed by atoms with Crippen LogP contribution in [0.3, 0.4) is 0 Å². The quantitative estimate of drug-likeness (QED) is 0.696. The van der Waals surface area contributed by atoms with Crippen LogP contribution in [0.25, 0.3) is 0 Å². The van der Waals surface area contributed by atoms with Crippen LogP contribution in [0.4, 0.5) is 0 Å². The number of hydrogen-bond donors (Lipinski definition) is 2. The maximum atomic E-state index is 9.87. The molecule has 1 rings (SSSR count). The van der Waals surface area contributed by atoms with Crippen LogP contribution in [-0.2, 0) is 11.3 Å². The highest BCUT2D eigenvalue weighted by atomic mass is 35.5. The second-order valence-electron chi connectivity index (χ2n) is 4.76. The molecule has 0 aliphatic rings. The third kappa shape index (κ3) is 7.50. The molecule has 0 aromatic heterocycles. The van der Waals surface area contributed by atoms with Crippen molar-refractivity contribution in [2.24, 2.45) is 0 Å².